The third-order valence-corrected chi connectivity index (χ3v) is 3.47. The lowest BCUT2D eigenvalue weighted by atomic mass is 10.2. The molecule has 0 radical (unpaired) electrons. The second-order valence-corrected chi connectivity index (χ2v) is 5.02. The fourth-order valence-electron chi connectivity index (χ4n) is 1.46. The van der Waals surface area contributed by atoms with Crippen molar-refractivity contribution in [3.05, 3.63) is 45.4 Å². The summed E-state index contributed by atoms with van der Waals surface area (Å²) < 4.78 is 0.928. The molecule has 1 aromatic heterocycles. The van der Waals surface area contributed by atoms with Gasteiger partial charge >= 0.3 is 0 Å². The van der Waals surface area contributed by atoms with Crippen LogP contribution in [-0.2, 0) is 0 Å². The van der Waals surface area contributed by atoms with Crippen LogP contribution in [0.25, 0.3) is 0 Å². The molecule has 1 heterocycles. The summed E-state index contributed by atoms with van der Waals surface area (Å²) in [6.45, 7) is 1.95. The van der Waals surface area contributed by atoms with Crippen LogP contribution in [0.1, 0.15) is 5.56 Å². The molecule has 0 aliphatic rings. The number of hydrogen-bond acceptors (Lipinski definition) is 4. The summed E-state index contributed by atoms with van der Waals surface area (Å²) >= 11 is 9.58. The first kappa shape index (κ1) is 13.1. The number of aryl methyl sites for hydroxylation is 1. The van der Waals surface area contributed by atoms with E-state index in [1.165, 1.54) is 0 Å². The average Bonchev–Trinajstić information content (AvgIpc) is 2.36. The topological polar surface area (TPSA) is 63.0 Å². The standard InChI is InChI=1S/C12H12BrClN4/c1-7-5-8(13)10(6-9(7)14)16-11-3-2-4-12(17-11)18-15/h2-6H,15H2,1H3,(H2,16,17,18). The van der Waals surface area contributed by atoms with Gasteiger partial charge in [0.1, 0.15) is 11.6 Å². The minimum atomic E-state index is 0.592. The van der Waals surface area contributed by atoms with Crippen molar-refractivity contribution in [1.29, 1.82) is 0 Å². The number of rotatable bonds is 3. The minimum absolute atomic E-state index is 0.592. The zero-order valence-electron chi connectivity index (χ0n) is 9.67. The third kappa shape index (κ3) is 2.93. The highest BCUT2D eigenvalue weighted by Crippen LogP contribution is 2.31. The van der Waals surface area contributed by atoms with E-state index >= 15 is 0 Å². The van der Waals surface area contributed by atoms with Gasteiger partial charge in [0.2, 0.25) is 0 Å². The number of nitrogens with zero attached hydrogens (tertiary/aromatic N) is 1. The predicted molar refractivity (Wildman–Crippen MR) is 79.2 cm³/mol. The number of nitrogens with one attached hydrogen (secondary N) is 2. The molecular formula is C12H12BrClN4. The van der Waals surface area contributed by atoms with E-state index in [1.807, 2.05) is 31.2 Å². The summed E-state index contributed by atoms with van der Waals surface area (Å²) in [6, 6.07) is 9.29. The molecule has 0 amide bonds. The van der Waals surface area contributed by atoms with Crippen molar-refractivity contribution >= 4 is 44.9 Å². The van der Waals surface area contributed by atoms with Gasteiger partial charge < -0.3 is 10.7 Å². The van der Waals surface area contributed by atoms with E-state index in [1.54, 1.807) is 6.07 Å². The van der Waals surface area contributed by atoms with Crippen molar-refractivity contribution in [3.8, 4) is 0 Å². The van der Waals surface area contributed by atoms with Crippen LogP contribution in [0.2, 0.25) is 5.02 Å². The fourth-order valence-corrected chi connectivity index (χ4v) is 2.19. The van der Waals surface area contributed by atoms with E-state index < -0.39 is 0 Å². The van der Waals surface area contributed by atoms with Gasteiger partial charge in [-0.3, -0.25) is 0 Å². The number of benzene rings is 1. The van der Waals surface area contributed by atoms with E-state index in [0.717, 1.165) is 15.7 Å². The summed E-state index contributed by atoms with van der Waals surface area (Å²) in [4.78, 5) is 4.27. The highest BCUT2D eigenvalue weighted by molar-refractivity contribution is 9.10. The van der Waals surface area contributed by atoms with Gasteiger partial charge in [0.25, 0.3) is 0 Å². The Kier molecular flexibility index (Phi) is 4.06. The van der Waals surface area contributed by atoms with Crippen molar-refractivity contribution < 1.29 is 0 Å². The third-order valence-electron chi connectivity index (χ3n) is 2.41. The Morgan fingerprint density at radius 1 is 1.28 bits per heavy atom. The van der Waals surface area contributed by atoms with E-state index in [2.05, 4.69) is 31.7 Å². The molecule has 6 heteroatoms. The Bertz CT molecular complexity index is 574. The van der Waals surface area contributed by atoms with E-state index in [9.17, 15) is 0 Å². The molecule has 0 saturated carbocycles. The first-order valence-electron chi connectivity index (χ1n) is 5.26. The Hall–Kier alpha value is -1.30. The van der Waals surface area contributed by atoms with Crippen LogP contribution in [0.4, 0.5) is 17.3 Å². The number of pyridine rings is 1. The first-order valence-corrected chi connectivity index (χ1v) is 6.43. The van der Waals surface area contributed by atoms with Crippen molar-refractivity contribution in [1.82, 2.24) is 4.98 Å². The second-order valence-electron chi connectivity index (χ2n) is 3.76. The summed E-state index contributed by atoms with van der Waals surface area (Å²) in [5.41, 5.74) is 4.37. The van der Waals surface area contributed by atoms with Crippen LogP contribution < -0.4 is 16.6 Å². The minimum Gasteiger partial charge on any atom is -0.339 e. The van der Waals surface area contributed by atoms with Crippen molar-refractivity contribution in [3.63, 3.8) is 0 Å². The second kappa shape index (κ2) is 5.56. The molecule has 0 aliphatic heterocycles. The number of nitrogens with two attached hydrogens (primary N) is 1. The van der Waals surface area contributed by atoms with Crippen LogP contribution in [0.3, 0.4) is 0 Å². The van der Waals surface area contributed by atoms with Gasteiger partial charge in [0.15, 0.2) is 0 Å². The Labute approximate surface area is 119 Å². The van der Waals surface area contributed by atoms with Gasteiger partial charge in [-0.15, -0.1) is 0 Å². The molecule has 4 N–H and O–H groups in total. The van der Waals surface area contributed by atoms with Gasteiger partial charge in [-0.05, 0) is 52.7 Å². The van der Waals surface area contributed by atoms with Gasteiger partial charge in [-0.2, -0.15) is 0 Å². The highest BCUT2D eigenvalue weighted by atomic mass is 79.9. The fraction of sp³-hybridized carbons (Fsp3) is 0.0833. The molecule has 0 unspecified atom stereocenters. The molecule has 0 fully saturated rings. The maximum absolute atomic E-state index is 6.10. The Morgan fingerprint density at radius 2 is 2.00 bits per heavy atom. The van der Waals surface area contributed by atoms with Crippen molar-refractivity contribution in [2.45, 2.75) is 6.92 Å². The summed E-state index contributed by atoms with van der Waals surface area (Å²) in [5.74, 6) is 6.59. The Balaban J connectivity index is 2.30. The normalized spacial score (nSPS) is 10.2. The largest absolute Gasteiger partial charge is 0.339 e. The van der Waals surface area contributed by atoms with E-state index in [-0.39, 0.29) is 0 Å². The molecule has 1 aromatic carbocycles. The first-order chi connectivity index (χ1) is 8.60. The molecule has 0 spiro atoms. The lowest BCUT2D eigenvalue weighted by Crippen LogP contribution is -2.09. The maximum Gasteiger partial charge on any atom is 0.142 e. The van der Waals surface area contributed by atoms with Gasteiger partial charge in [-0.1, -0.05) is 17.7 Å². The van der Waals surface area contributed by atoms with E-state index in [4.69, 9.17) is 17.4 Å². The van der Waals surface area contributed by atoms with Crippen molar-refractivity contribution in [2.75, 3.05) is 10.7 Å². The summed E-state index contributed by atoms with van der Waals surface area (Å²) in [7, 11) is 0. The molecule has 2 aromatic rings. The van der Waals surface area contributed by atoms with Gasteiger partial charge in [0.05, 0.1) is 5.69 Å². The molecule has 0 saturated heterocycles. The monoisotopic (exact) mass is 326 g/mol. The smallest absolute Gasteiger partial charge is 0.142 e. The molecule has 4 nitrogen and oxygen atoms in total. The molecular weight excluding hydrogens is 316 g/mol. The molecule has 94 valence electrons. The number of nitrogen functional groups attached to an aromatic ring is 1. The van der Waals surface area contributed by atoms with Crippen LogP contribution in [0.5, 0.6) is 0 Å². The Morgan fingerprint density at radius 3 is 2.72 bits per heavy atom. The van der Waals surface area contributed by atoms with Gasteiger partial charge in [-0.25, -0.2) is 10.8 Å². The number of hydrazine groups is 1. The predicted octanol–water partition coefficient (Wildman–Crippen LogP) is 3.84. The number of aromatic nitrogens is 1. The lowest BCUT2D eigenvalue weighted by Gasteiger charge is -2.10. The molecule has 2 rings (SSSR count). The summed E-state index contributed by atoms with van der Waals surface area (Å²) in [6.07, 6.45) is 0. The number of anilines is 3. The number of halogens is 2. The molecule has 0 aliphatic carbocycles. The average molecular weight is 328 g/mol. The molecule has 18 heavy (non-hydrogen) atoms. The van der Waals surface area contributed by atoms with E-state index in [0.29, 0.717) is 16.7 Å². The van der Waals surface area contributed by atoms with Crippen molar-refractivity contribution in [2.24, 2.45) is 5.84 Å². The zero-order valence-corrected chi connectivity index (χ0v) is 12.0. The molecule has 0 bridgehead atoms. The van der Waals surface area contributed by atoms with Crippen LogP contribution in [0, 0.1) is 6.92 Å². The molecule has 0 atom stereocenters. The highest BCUT2D eigenvalue weighted by Gasteiger charge is 2.05. The quantitative estimate of drug-likeness (QED) is 0.592. The van der Waals surface area contributed by atoms with Crippen LogP contribution in [-0.4, -0.2) is 4.98 Å². The summed E-state index contributed by atoms with van der Waals surface area (Å²) in [5, 5.41) is 3.88. The number of hydrogen-bond donors (Lipinski definition) is 3. The van der Waals surface area contributed by atoms with Crippen LogP contribution >= 0.6 is 27.5 Å². The maximum atomic E-state index is 6.10. The SMILES string of the molecule is Cc1cc(Br)c(Nc2cccc(NN)n2)cc1Cl. The zero-order chi connectivity index (χ0) is 13.1. The lowest BCUT2D eigenvalue weighted by molar-refractivity contribution is 1.22. The van der Waals surface area contributed by atoms with Gasteiger partial charge in [0, 0.05) is 9.50 Å². The van der Waals surface area contributed by atoms with Crippen LogP contribution in [0.15, 0.2) is 34.8 Å².